The van der Waals surface area contributed by atoms with Gasteiger partial charge < -0.3 is 4.90 Å². The topological polar surface area (TPSA) is 6.48 Å². The van der Waals surface area contributed by atoms with Crippen LogP contribution in [0, 0.1) is 0 Å². The van der Waals surface area contributed by atoms with Gasteiger partial charge in [-0.15, -0.1) is 11.6 Å². The number of nitrogens with zero attached hydrogens (tertiary/aromatic N) is 2. The molecular formula is C15H20Cl2N2. The van der Waals surface area contributed by atoms with Gasteiger partial charge in [0.05, 0.1) is 10.7 Å². The number of anilines is 1. The maximum Gasteiger partial charge on any atom is 0.0642 e. The maximum absolute atomic E-state index is 6.42. The highest BCUT2D eigenvalue weighted by Gasteiger charge is 2.35. The molecule has 2 atom stereocenters. The highest BCUT2D eigenvalue weighted by molar-refractivity contribution is 6.33. The first-order chi connectivity index (χ1) is 9.20. The van der Waals surface area contributed by atoms with Crippen molar-refractivity contribution in [1.29, 1.82) is 0 Å². The Balaban J connectivity index is 1.91. The van der Waals surface area contributed by atoms with E-state index in [4.69, 9.17) is 23.2 Å². The van der Waals surface area contributed by atoms with E-state index in [1.165, 1.54) is 19.3 Å². The van der Waals surface area contributed by atoms with Gasteiger partial charge in [0, 0.05) is 31.1 Å². The average Bonchev–Trinajstić information content (AvgIpc) is 2.64. The summed E-state index contributed by atoms with van der Waals surface area (Å²) in [6, 6.07) is 7.45. The molecule has 1 aromatic carbocycles. The van der Waals surface area contributed by atoms with E-state index in [1.807, 2.05) is 12.1 Å². The Bertz CT molecular complexity index is 463. The number of fused-ring (bicyclic) bond motifs is 2. The summed E-state index contributed by atoms with van der Waals surface area (Å²) in [4.78, 5) is 5.00. The maximum atomic E-state index is 6.42. The van der Waals surface area contributed by atoms with Gasteiger partial charge in [-0.05, 0) is 37.9 Å². The van der Waals surface area contributed by atoms with Crippen molar-refractivity contribution in [2.75, 3.05) is 25.0 Å². The third-order valence-electron chi connectivity index (χ3n) is 4.68. The lowest BCUT2D eigenvalue weighted by Crippen LogP contribution is -2.37. The summed E-state index contributed by atoms with van der Waals surface area (Å²) < 4.78 is 0. The Hall–Kier alpha value is -0.440. The number of rotatable bonds is 2. The first kappa shape index (κ1) is 13.5. The zero-order valence-electron chi connectivity index (χ0n) is 11.3. The average molecular weight is 299 g/mol. The predicted molar refractivity (Wildman–Crippen MR) is 82.4 cm³/mol. The monoisotopic (exact) mass is 298 g/mol. The van der Waals surface area contributed by atoms with Gasteiger partial charge >= 0.3 is 0 Å². The van der Waals surface area contributed by atoms with E-state index in [0.717, 1.165) is 35.4 Å². The number of para-hydroxylation sites is 1. The first-order valence-electron chi connectivity index (χ1n) is 7.01. The van der Waals surface area contributed by atoms with E-state index in [0.29, 0.717) is 11.9 Å². The van der Waals surface area contributed by atoms with Crippen molar-refractivity contribution in [3.8, 4) is 0 Å². The van der Waals surface area contributed by atoms with E-state index in [2.05, 4.69) is 22.9 Å². The number of hydrogen-bond donors (Lipinski definition) is 0. The third kappa shape index (κ3) is 2.46. The molecule has 2 saturated heterocycles. The van der Waals surface area contributed by atoms with Crippen LogP contribution in [0.5, 0.6) is 0 Å². The zero-order chi connectivity index (χ0) is 13.4. The largest absolute Gasteiger partial charge is 0.368 e. The van der Waals surface area contributed by atoms with Crippen molar-refractivity contribution in [3.63, 3.8) is 0 Å². The molecule has 104 valence electrons. The van der Waals surface area contributed by atoms with Crippen LogP contribution < -0.4 is 4.90 Å². The normalized spacial score (nSPS) is 27.6. The SMILES string of the molecule is CN1C2CCC1CN(c1c(Cl)cccc1CCl)CC2. The standard InChI is InChI=1S/C15H20Cl2N2/c1-18-12-5-6-13(18)10-19(8-7-12)15-11(9-16)3-2-4-14(15)17/h2-4,12-13H,5-10H2,1H3. The molecule has 2 heterocycles. The molecule has 2 bridgehead atoms. The van der Waals surface area contributed by atoms with Crippen molar-refractivity contribution in [2.45, 2.75) is 37.2 Å². The molecule has 0 aliphatic carbocycles. The van der Waals surface area contributed by atoms with E-state index < -0.39 is 0 Å². The van der Waals surface area contributed by atoms with E-state index >= 15 is 0 Å². The van der Waals surface area contributed by atoms with Crippen LogP contribution in [-0.4, -0.2) is 37.1 Å². The second-order valence-electron chi connectivity index (χ2n) is 5.67. The van der Waals surface area contributed by atoms with E-state index in [1.54, 1.807) is 0 Å². The summed E-state index contributed by atoms with van der Waals surface area (Å²) in [5.74, 6) is 0.524. The Morgan fingerprint density at radius 2 is 2.00 bits per heavy atom. The van der Waals surface area contributed by atoms with Crippen molar-refractivity contribution < 1.29 is 0 Å². The Morgan fingerprint density at radius 3 is 2.79 bits per heavy atom. The molecule has 1 aromatic rings. The molecular weight excluding hydrogens is 279 g/mol. The van der Waals surface area contributed by atoms with E-state index in [-0.39, 0.29) is 0 Å². The molecule has 0 saturated carbocycles. The molecule has 2 nitrogen and oxygen atoms in total. The summed E-state index contributed by atoms with van der Waals surface area (Å²) in [5, 5.41) is 0.832. The van der Waals surface area contributed by atoms with Crippen LogP contribution in [0.25, 0.3) is 0 Å². The van der Waals surface area contributed by atoms with Crippen LogP contribution >= 0.6 is 23.2 Å². The summed E-state index contributed by atoms with van der Waals surface area (Å²) in [6.07, 6.45) is 3.87. The van der Waals surface area contributed by atoms with Crippen molar-refractivity contribution >= 4 is 28.9 Å². The highest BCUT2D eigenvalue weighted by atomic mass is 35.5. The molecule has 0 amide bonds. The lowest BCUT2D eigenvalue weighted by molar-refractivity contribution is 0.254. The Morgan fingerprint density at radius 1 is 1.21 bits per heavy atom. The number of benzene rings is 1. The second-order valence-corrected chi connectivity index (χ2v) is 6.34. The van der Waals surface area contributed by atoms with Crippen LogP contribution in [0.1, 0.15) is 24.8 Å². The molecule has 0 spiro atoms. The minimum Gasteiger partial charge on any atom is -0.368 e. The van der Waals surface area contributed by atoms with Crippen LogP contribution in [0.3, 0.4) is 0 Å². The van der Waals surface area contributed by atoms with Gasteiger partial charge in [0.2, 0.25) is 0 Å². The Labute approximate surface area is 125 Å². The van der Waals surface area contributed by atoms with Gasteiger partial charge in [-0.25, -0.2) is 0 Å². The minimum atomic E-state index is 0.524. The molecule has 4 heteroatoms. The van der Waals surface area contributed by atoms with Gasteiger partial charge in [-0.1, -0.05) is 23.7 Å². The number of hydrogen-bond acceptors (Lipinski definition) is 2. The van der Waals surface area contributed by atoms with Crippen LogP contribution in [-0.2, 0) is 5.88 Å². The van der Waals surface area contributed by atoms with E-state index in [9.17, 15) is 0 Å². The molecule has 2 unspecified atom stereocenters. The molecule has 2 fully saturated rings. The van der Waals surface area contributed by atoms with Crippen molar-refractivity contribution in [3.05, 3.63) is 28.8 Å². The minimum absolute atomic E-state index is 0.524. The fraction of sp³-hybridized carbons (Fsp3) is 0.600. The zero-order valence-corrected chi connectivity index (χ0v) is 12.8. The molecule has 0 N–H and O–H groups in total. The number of halogens is 2. The smallest absolute Gasteiger partial charge is 0.0642 e. The fourth-order valence-corrected chi connectivity index (χ4v) is 4.06. The lowest BCUT2D eigenvalue weighted by atomic mass is 10.1. The number of likely N-dealkylation sites (N-methyl/N-ethyl adjacent to an activating group) is 1. The van der Waals surface area contributed by atoms with Gasteiger partial charge in [0.15, 0.2) is 0 Å². The molecule has 2 aliphatic heterocycles. The third-order valence-corrected chi connectivity index (χ3v) is 5.27. The predicted octanol–water partition coefficient (Wildman–Crippen LogP) is 3.75. The van der Waals surface area contributed by atoms with Gasteiger partial charge in [0.1, 0.15) is 0 Å². The molecule has 0 radical (unpaired) electrons. The molecule has 3 rings (SSSR count). The summed E-state index contributed by atoms with van der Waals surface area (Å²) in [7, 11) is 2.26. The Kier molecular flexibility index (Phi) is 3.93. The molecule has 19 heavy (non-hydrogen) atoms. The van der Waals surface area contributed by atoms with Gasteiger partial charge in [-0.3, -0.25) is 4.90 Å². The fourth-order valence-electron chi connectivity index (χ4n) is 3.53. The summed E-state index contributed by atoms with van der Waals surface area (Å²) in [5.41, 5.74) is 2.30. The lowest BCUT2D eigenvalue weighted by Gasteiger charge is -2.30. The van der Waals surface area contributed by atoms with Crippen molar-refractivity contribution in [1.82, 2.24) is 4.90 Å². The molecule has 2 aliphatic rings. The highest BCUT2D eigenvalue weighted by Crippen LogP contribution is 2.36. The van der Waals surface area contributed by atoms with Crippen molar-refractivity contribution in [2.24, 2.45) is 0 Å². The van der Waals surface area contributed by atoms with Crippen LogP contribution in [0.4, 0.5) is 5.69 Å². The second kappa shape index (κ2) is 5.51. The number of alkyl halides is 1. The molecule has 0 aromatic heterocycles. The first-order valence-corrected chi connectivity index (χ1v) is 7.92. The van der Waals surface area contributed by atoms with Crippen LogP contribution in [0.2, 0.25) is 5.02 Å². The summed E-state index contributed by atoms with van der Waals surface area (Å²) >= 11 is 12.5. The summed E-state index contributed by atoms with van der Waals surface area (Å²) in [6.45, 7) is 2.15. The van der Waals surface area contributed by atoms with Crippen LogP contribution in [0.15, 0.2) is 18.2 Å². The quantitative estimate of drug-likeness (QED) is 0.767. The van der Waals surface area contributed by atoms with Gasteiger partial charge in [0.25, 0.3) is 0 Å². The van der Waals surface area contributed by atoms with Gasteiger partial charge in [-0.2, -0.15) is 0 Å².